The molecule has 2 atom stereocenters. The number of hydrogen-bond donors (Lipinski definition) is 3. The predicted octanol–water partition coefficient (Wildman–Crippen LogP) is 7.24. The minimum atomic E-state index is -5.29. The van der Waals surface area contributed by atoms with Crippen LogP contribution in [0.2, 0.25) is 0 Å². The molecule has 0 fully saturated rings. The molecule has 1 heterocycles. The summed E-state index contributed by atoms with van der Waals surface area (Å²) < 4.78 is 116. The number of nitrogens with one attached hydrogen (secondary N) is 1. The molecular formula is C26H22F8N2O4S. The fraction of sp³-hybridized carbons (Fsp3) is 0.269. The van der Waals surface area contributed by atoms with E-state index >= 15 is 0 Å². The van der Waals surface area contributed by atoms with E-state index in [0.717, 1.165) is 48.8 Å². The number of halogens is 8. The van der Waals surface area contributed by atoms with Crippen molar-refractivity contribution in [2.24, 2.45) is 0 Å². The van der Waals surface area contributed by atoms with Crippen molar-refractivity contribution in [2.45, 2.75) is 44.3 Å². The van der Waals surface area contributed by atoms with Crippen molar-refractivity contribution in [3.8, 4) is 11.5 Å². The Morgan fingerprint density at radius 2 is 1.66 bits per heavy atom. The maximum atomic E-state index is 14.2. The van der Waals surface area contributed by atoms with Crippen LogP contribution in [0.5, 0.6) is 11.5 Å². The van der Waals surface area contributed by atoms with Crippen molar-refractivity contribution in [3.05, 3.63) is 99.4 Å². The third kappa shape index (κ3) is 7.54. The Morgan fingerprint density at radius 1 is 1.02 bits per heavy atom. The Morgan fingerprint density at radius 3 is 2.22 bits per heavy atom. The summed E-state index contributed by atoms with van der Waals surface area (Å²) in [4.78, 5) is 3.92. The number of rotatable bonds is 12. The lowest BCUT2D eigenvalue weighted by Gasteiger charge is -2.29. The van der Waals surface area contributed by atoms with Gasteiger partial charge in [0.25, 0.3) is 0 Å². The number of ether oxygens (including phenoxy) is 2. The SMILES string of the molecule is C/C=C(\C=C/NO)CC(c1ccc(OC(F)F)c(OC(F)F)c1)c1cnc(C(O)(c2ccc(F)cc2)C(F)(F)F)s1. The lowest BCUT2D eigenvalue weighted by Crippen LogP contribution is -2.43. The second-order valence-corrected chi connectivity index (χ2v) is 9.39. The highest BCUT2D eigenvalue weighted by molar-refractivity contribution is 7.11. The number of benzene rings is 2. The Hall–Kier alpha value is -3.69. The van der Waals surface area contributed by atoms with E-state index < -0.39 is 58.8 Å². The first-order valence-electron chi connectivity index (χ1n) is 11.6. The molecule has 3 N–H and O–H groups in total. The number of allylic oxidation sites excluding steroid dienone is 3. The fourth-order valence-electron chi connectivity index (χ4n) is 3.88. The van der Waals surface area contributed by atoms with Crippen LogP contribution in [0, 0.1) is 5.82 Å². The van der Waals surface area contributed by atoms with Gasteiger partial charge in [-0.25, -0.2) is 9.37 Å². The van der Waals surface area contributed by atoms with E-state index in [1.165, 1.54) is 12.1 Å². The zero-order chi connectivity index (χ0) is 30.4. The third-order valence-corrected chi connectivity index (χ3v) is 7.05. The number of nitrogens with zero attached hydrogens (tertiary/aromatic N) is 1. The van der Waals surface area contributed by atoms with Crippen LogP contribution in [-0.4, -0.2) is 34.7 Å². The van der Waals surface area contributed by atoms with Crippen LogP contribution in [0.3, 0.4) is 0 Å². The van der Waals surface area contributed by atoms with Crippen LogP contribution >= 0.6 is 11.3 Å². The van der Waals surface area contributed by atoms with E-state index in [2.05, 4.69) is 14.5 Å². The molecule has 0 bridgehead atoms. The van der Waals surface area contributed by atoms with Gasteiger partial charge in [-0.3, -0.25) is 10.7 Å². The van der Waals surface area contributed by atoms with Crippen LogP contribution in [0.4, 0.5) is 35.1 Å². The third-order valence-electron chi connectivity index (χ3n) is 5.83. The van der Waals surface area contributed by atoms with Gasteiger partial charge in [0.15, 0.2) is 11.5 Å². The first-order valence-corrected chi connectivity index (χ1v) is 12.4. The lowest BCUT2D eigenvalue weighted by molar-refractivity contribution is -0.248. The van der Waals surface area contributed by atoms with Gasteiger partial charge < -0.3 is 14.6 Å². The largest absolute Gasteiger partial charge is 0.431 e. The highest BCUT2D eigenvalue weighted by Crippen LogP contribution is 2.48. The van der Waals surface area contributed by atoms with Crippen molar-refractivity contribution in [2.75, 3.05) is 0 Å². The van der Waals surface area contributed by atoms with E-state index in [-0.39, 0.29) is 16.9 Å². The Kier molecular flexibility index (Phi) is 10.3. The molecule has 0 aliphatic rings. The van der Waals surface area contributed by atoms with Crippen molar-refractivity contribution < 1.29 is 54.9 Å². The van der Waals surface area contributed by atoms with Crippen molar-refractivity contribution in [1.29, 1.82) is 0 Å². The van der Waals surface area contributed by atoms with Crippen LogP contribution in [0.1, 0.15) is 40.3 Å². The van der Waals surface area contributed by atoms with Gasteiger partial charge in [-0.05, 0) is 60.4 Å². The zero-order valence-corrected chi connectivity index (χ0v) is 21.7. The summed E-state index contributed by atoms with van der Waals surface area (Å²) in [7, 11) is 0. The summed E-state index contributed by atoms with van der Waals surface area (Å²) in [6, 6.07) is 6.18. The predicted molar refractivity (Wildman–Crippen MR) is 132 cm³/mol. The first-order chi connectivity index (χ1) is 19.3. The van der Waals surface area contributed by atoms with Gasteiger partial charge in [0.2, 0.25) is 5.60 Å². The summed E-state index contributed by atoms with van der Waals surface area (Å²) in [6.45, 7) is -5.16. The molecule has 2 unspecified atom stereocenters. The highest BCUT2D eigenvalue weighted by atomic mass is 32.1. The first kappa shape index (κ1) is 31.8. The van der Waals surface area contributed by atoms with Crippen LogP contribution in [0.15, 0.2) is 72.6 Å². The van der Waals surface area contributed by atoms with E-state index in [1.807, 2.05) is 0 Å². The van der Waals surface area contributed by atoms with E-state index in [4.69, 9.17) is 5.21 Å². The van der Waals surface area contributed by atoms with Crippen molar-refractivity contribution >= 4 is 11.3 Å². The molecule has 41 heavy (non-hydrogen) atoms. The minimum Gasteiger partial charge on any atom is -0.431 e. The quantitative estimate of drug-likeness (QED) is 0.114. The number of alkyl halides is 7. The van der Waals surface area contributed by atoms with Gasteiger partial charge in [0, 0.05) is 23.2 Å². The molecule has 3 rings (SSSR count). The molecule has 0 spiro atoms. The molecule has 6 nitrogen and oxygen atoms in total. The molecule has 0 saturated carbocycles. The van der Waals surface area contributed by atoms with Gasteiger partial charge in [-0.15, -0.1) is 11.3 Å². The number of aromatic nitrogens is 1. The number of hydroxylamine groups is 1. The maximum absolute atomic E-state index is 14.2. The Labute approximate surface area is 232 Å². The van der Waals surface area contributed by atoms with Gasteiger partial charge in [0.1, 0.15) is 10.8 Å². The zero-order valence-electron chi connectivity index (χ0n) is 20.9. The second-order valence-electron chi connectivity index (χ2n) is 8.33. The van der Waals surface area contributed by atoms with E-state index in [9.17, 15) is 40.2 Å². The minimum absolute atomic E-state index is 0.0134. The summed E-state index contributed by atoms with van der Waals surface area (Å²) in [5, 5.41) is 19.0. The summed E-state index contributed by atoms with van der Waals surface area (Å²) >= 11 is 0.448. The molecular weight excluding hydrogens is 588 g/mol. The van der Waals surface area contributed by atoms with Crippen LogP contribution in [0.25, 0.3) is 0 Å². The van der Waals surface area contributed by atoms with E-state index in [0.29, 0.717) is 16.9 Å². The average Bonchev–Trinajstić information content (AvgIpc) is 3.39. The summed E-state index contributed by atoms with van der Waals surface area (Å²) in [6.07, 6.45) is -0.0925. The van der Waals surface area contributed by atoms with E-state index in [1.54, 1.807) is 18.5 Å². The monoisotopic (exact) mass is 610 g/mol. The summed E-state index contributed by atoms with van der Waals surface area (Å²) in [5.41, 5.74) is -1.89. The maximum Gasteiger partial charge on any atom is 0.428 e. The standard InChI is InChI=1S/C26H22F8N2O4S/c1-2-14(9-10-36-38)11-18(15-3-8-19(39-23(28)29)20(12-15)40-24(30)31)21-13-35-22(41-21)25(37,26(32,33)34)16-4-6-17(27)7-5-16/h2-10,12-13,18,23-24,36-38H,11H2,1H3/b10-9-,14-2+. The van der Waals surface area contributed by atoms with Crippen LogP contribution < -0.4 is 15.0 Å². The smallest absolute Gasteiger partial charge is 0.428 e. The molecule has 0 aliphatic carbocycles. The molecule has 0 aliphatic heterocycles. The molecule has 0 radical (unpaired) electrons. The van der Waals surface area contributed by atoms with Crippen molar-refractivity contribution in [3.63, 3.8) is 0 Å². The van der Waals surface area contributed by atoms with Gasteiger partial charge in [0.05, 0.1) is 0 Å². The van der Waals surface area contributed by atoms with Gasteiger partial charge in [-0.1, -0.05) is 24.3 Å². The van der Waals surface area contributed by atoms with Gasteiger partial charge >= 0.3 is 19.4 Å². The Balaban J connectivity index is 2.17. The van der Waals surface area contributed by atoms with Crippen molar-refractivity contribution in [1.82, 2.24) is 10.5 Å². The molecule has 2 aromatic carbocycles. The molecule has 15 heteroatoms. The molecule has 1 aromatic heterocycles. The van der Waals surface area contributed by atoms with Crippen LogP contribution in [-0.2, 0) is 5.60 Å². The second kappa shape index (κ2) is 13.3. The number of aliphatic hydroxyl groups is 1. The topological polar surface area (TPSA) is 83.8 Å². The number of thiazole rings is 1. The fourth-order valence-corrected chi connectivity index (χ4v) is 5.06. The Bertz CT molecular complexity index is 1360. The molecule has 0 amide bonds. The lowest BCUT2D eigenvalue weighted by atomic mass is 9.90. The number of hydrogen-bond acceptors (Lipinski definition) is 7. The average molecular weight is 611 g/mol. The molecule has 3 aromatic rings. The summed E-state index contributed by atoms with van der Waals surface area (Å²) in [5.74, 6) is -3.22. The molecule has 0 saturated heterocycles. The van der Waals surface area contributed by atoms with Gasteiger partial charge in [-0.2, -0.15) is 30.7 Å². The highest BCUT2D eigenvalue weighted by Gasteiger charge is 2.58. The normalized spacial score (nSPS) is 14.9. The molecule has 222 valence electrons.